The van der Waals surface area contributed by atoms with Gasteiger partial charge in [-0.1, -0.05) is 46.0 Å². The first-order valence-corrected chi connectivity index (χ1v) is 4.78. The van der Waals surface area contributed by atoms with Crippen molar-refractivity contribution in [2.75, 3.05) is 0 Å². The summed E-state index contributed by atoms with van der Waals surface area (Å²) in [6.07, 6.45) is 9.04. The lowest BCUT2D eigenvalue weighted by Crippen LogP contribution is -2.03. The summed E-state index contributed by atoms with van der Waals surface area (Å²) in [4.78, 5) is 0. The number of hydrogen-bond donors (Lipinski definition) is 1. The van der Waals surface area contributed by atoms with Crippen LogP contribution in [0.2, 0.25) is 0 Å². The van der Waals surface area contributed by atoms with Crippen LogP contribution in [0.1, 0.15) is 52.4 Å². The molecule has 0 aliphatic carbocycles. The fraction of sp³-hybridized carbons (Fsp3) is 0.900. The first-order chi connectivity index (χ1) is 5.31. The molecule has 0 amide bonds. The van der Waals surface area contributed by atoms with Crippen LogP contribution in [0.25, 0.3) is 0 Å². The number of hydrogen-bond acceptors (Lipinski definition) is 1. The minimum absolute atomic E-state index is 0.170. The van der Waals surface area contributed by atoms with Gasteiger partial charge in [0.05, 0.1) is 6.10 Å². The standard InChI is InChI=1S/C10H21O/c1-3-5-6-7-8-9-10(11)4-2/h4,10-11H,3,5-9H2,1-2H3. The maximum atomic E-state index is 9.16. The lowest BCUT2D eigenvalue weighted by atomic mass is 10.1. The van der Waals surface area contributed by atoms with E-state index in [1.807, 2.05) is 13.3 Å². The predicted octanol–water partition coefficient (Wildman–Crippen LogP) is 2.93. The molecule has 11 heavy (non-hydrogen) atoms. The van der Waals surface area contributed by atoms with Crippen LogP contribution < -0.4 is 0 Å². The van der Waals surface area contributed by atoms with Crippen LogP contribution in [0, 0.1) is 6.42 Å². The largest absolute Gasteiger partial charge is 0.393 e. The Labute approximate surface area is 70.8 Å². The average Bonchev–Trinajstić information content (AvgIpc) is 2.04. The second-order valence-electron chi connectivity index (χ2n) is 3.10. The molecule has 0 bridgehead atoms. The molecular formula is C10H21O. The Hall–Kier alpha value is -0.0400. The molecule has 1 unspecified atom stereocenters. The van der Waals surface area contributed by atoms with Crippen LogP contribution >= 0.6 is 0 Å². The summed E-state index contributed by atoms with van der Waals surface area (Å²) in [5, 5.41) is 9.16. The van der Waals surface area contributed by atoms with Gasteiger partial charge in [0.15, 0.2) is 0 Å². The van der Waals surface area contributed by atoms with Crippen LogP contribution in [0.3, 0.4) is 0 Å². The second kappa shape index (κ2) is 8.06. The molecule has 0 aromatic carbocycles. The molecule has 0 aliphatic rings. The zero-order chi connectivity index (χ0) is 8.53. The van der Waals surface area contributed by atoms with Crippen molar-refractivity contribution >= 4 is 0 Å². The third kappa shape index (κ3) is 7.86. The van der Waals surface area contributed by atoms with E-state index >= 15 is 0 Å². The van der Waals surface area contributed by atoms with Crippen molar-refractivity contribution in [3.05, 3.63) is 6.42 Å². The molecule has 1 N–H and O–H groups in total. The smallest absolute Gasteiger partial charge is 0.0569 e. The van der Waals surface area contributed by atoms with Crippen molar-refractivity contribution in [3.63, 3.8) is 0 Å². The summed E-state index contributed by atoms with van der Waals surface area (Å²) >= 11 is 0. The Morgan fingerprint density at radius 3 is 2.36 bits per heavy atom. The molecule has 0 aliphatic heterocycles. The summed E-state index contributed by atoms with van der Waals surface area (Å²) in [6, 6.07) is 0. The van der Waals surface area contributed by atoms with Gasteiger partial charge in [-0.2, -0.15) is 0 Å². The molecule has 67 valence electrons. The van der Waals surface area contributed by atoms with Crippen LogP contribution in [0.5, 0.6) is 0 Å². The second-order valence-corrected chi connectivity index (χ2v) is 3.10. The third-order valence-corrected chi connectivity index (χ3v) is 1.99. The molecule has 0 aromatic heterocycles. The van der Waals surface area contributed by atoms with E-state index in [9.17, 15) is 0 Å². The molecule has 0 fully saturated rings. The van der Waals surface area contributed by atoms with Crippen LogP contribution in [0.15, 0.2) is 0 Å². The molecule has 0 saturated carbocycles. The third-order valence-electron chi connectivity index (χ3n) is 1.99. The van der Waals surface area contributed by atoms with Crippen LogP contribution in [0.4, 0.5) is 0 Å². The van der Waals surface area contributed by atoms with Gasteiger partial charge in [0.25, 0.3) is 0 Å². The maximum Gasteiger partial charge on any atom is 0.0569 e. The van der Waals surface area contributed by atoms with Gasteiger partial charge in [-0.15, -0.1) is 0 Å². The zero-order valence-corrected chi connectivity index (χ0v) is 7.84. The lowest BCUT2D eigenvalue weighted by molar-refractivity contribution is 0.192. The van der Waals surface area contributed by atoms with Gasteiger partial charge in [0.1, 0.15) is 0 Å². The molecule has 1 heteroatoms. The number of unbranched alkanes of at least 4 members (excludes halogenated alkanes) is 4. The Kier molecular flexibility index (Phi) is 8.03. The number of rotatable bonds is 7. The minimum atomic E-state index is -0.170. The molecular weight excluding hydrogens is 136 g/mol. The quantitative estimate of drug-likeness (QED) is 0.563. The number of aliphatic hydroxyl groups excluding tert-OH is 1. The molecule has 0 rings (SSSR count). The van der Waals surface area contributed by atoms with Gasteiger partial charge in [0.2, 0.25) is 0 Å². The van der Waals surface area contributed by atoms with E-state index in [2.05, 4.69) is 6.92 Å². The lowest BCUT2D eigenvalue weighted by Gasteiger charge is -2.05. The van der Waals surface area contributed by atoms with E-state index in [0.29, 0.717) is 0 Å². The van der Waals surface area contributed by atoms with Gasteiger partial charge in [0, 0.05) is 0 Å². The fourth-order valence-corrected chi connectivity index (χ4v) is 1.12. The van der Waals surface area contributed by atoms with E-state index < -0.39 is 0 Å². The van der Waals surface area contributed by atoms with E-state index in [1.165, 1.54) is 32.1 Å². The highest BCUT2D eigenvalue weighted by atomic mass is 16.3. The van der Waals surface area contributed by atoms with Gasteiger partial charge in [-0.3, -0.25) is 0 Å². The highest BCUT2D eigenvalue weighted by Crippen LogP contribution is 2.07. The van der Waals surface area contributed by atoms with Crippen molar-refractivity contribution < 1.29 is 5.11 Å². The topological polar surface area (TPSA) is 20.2 Å². The zero-order valence-electron chi connectivity index (χ0n) is 7.84. The summed E-state index contributed by atoms with van der Waals surface area (Å²) < 4.78 is 0. The molecule has 0 aromatic rings. The Balaban J connectivity index is 2.89. The van der Waals surface area contributed by atoms with Crippen molar-refractivity contribution in [3.8, 4) is 0 Å². The molecule has 0 saturated heterocycles. The van der Waals surface area contributed by atoms with E-state index in [1.54, 1.807) is 0 Å². The summed E-state index contributed by atoms with van der Waals surface area (Å²) in [6.45, 7) is 4.13. The van der Waals surface area contributed by atoms with Crippen molar-refractivity contribution in [1.29, 1.82) is 0 Å². The summed E-state index contributed by atoms with van der Waals surface area (Å²) in [5.41, 5.74) is 0. The molecule has 0 heterocycles. The Morgan fingerprint density at radius 2 is 1.82 bits per heavy atom. The SMILES string of the molecule is C[CH]C(O)CCCCCCC. The van der Waals surface area contributed by atoms with Gasteiger partial charge in [-0.05, 0) is 12.8 Å². The van der Waals surface area contributed by atoms with Crippen molar-refractivity contribution in [1.82, 2.24) is 0 Å². The van der Waals surface area contributed by atoms with Crippen molar-refractivity contribution in [2.45, 2.75) is 58.5 Å². The Morgan fingerprint density at radius 1 is 1.18 bits per heavy atom. The van der Waals surface area contributed by atoms with Crippen molar-refractivity contribution in [2.24, 2.45) is 0 Å². The predicted molar refractivity (Wildman–Crippen MR) is 49.4 cm³/mol. The van der Waals surface area contributed by atoms with Crippen LogP contribution in [-0.2, 0) is 0 Å². The number of aliphatic hydroxyl groups is 1. The maximum absolute atomic E-state index is 9.16. The first kappa shape index (κ1) is 11.0. The van der Waals surface area contributed by atoms with Gasteiger partial charge < -0.3 is 5.11 Å². The average molecular weight is 157 g/mol. The molecule has 1 radical (unpaired) electrons. The molecule has 0 spiro atoms. The fourth-order valence-electron chi connectivity index (χ4n) is 1.12. The summed E-state index contributed by atoms with van der Waals surface area (Å²) in [7, 11) is 0. The highest BCUT2D eigenvalue weighted by molar-refractivity contribution is 4.68. The molecule has 1 nitrogen and oxygen atoms in total. The van der Waals surface area contributed by atoms with E-state index in [-0.39, 0.29) is 6.10 Å². The normalized spacial score (nSPS) is 13.4. The molecule has 1 atom stereocenters. The van der Waals surface area contributed by atoms with Gasteiger partial charge in [-0.25, -0.2) is 0 Å². The van der Waals surface area contributed by atoms with Crippen LogP contribution in [-0.4, -0.2) is 11.2 Å². The minimum Gasteiger partial charge on any atom is -0.393 e. The van der Waals surface area contributed by atoms with Gasteiger partial charge >= 0.3 is 0 Å². The monoisotopic (exact) mass is 157 g/mol. The Bertz CT molecular complexity index is 71.3. The first-order valence-electron chi connectivity index (χ1n) is 4.78. The summed E-state index contributed by atoms with van der Waals surface area (Å²) in [5.74, 6) is 0. The van der Waals surface area contributed by atoms with E-state index in [4.69, 9.17) is 5.11 Å². The highest BCUT2D eigenvalue weighted by Gasteiger charge is 1.98. The van der Waals surface area contributed by atoms with E-state index in [0.717, 1.165) is 6.42 Å².